The van der Waals surface area contributed by atoms with Crippen LogP contribution in [0.5, 0.6) is 5.75 Å². The standard InChI is InChI=1S/C15H13FN2O2.C2H6/c1-8-10(16)3-4-11-14(8)9(15(19)18-11)7-12-13(20-2)5-6-17-12;1-2/h3-7,17H,1-2H3,(H,18,19);1-2H3/b9-7-;. The van der Waals surface area contributed by atoms with Crippen molar-refractivity contribution in [2.24, 2.45) is 0 Å². The molecule has 1 aliphatic heterocycles. The lowest BCUT2D eigenvalue weighted by molar-refractivity contribution is -0.110. The molecule has 1 aliphatic rings. The van der Waals surface area contributed by atoms with Gasteiger partial charge in [-0.15, -0.1) is 0 Å². The zero-order valence-electron chi connectivity index (χ0n) is 13.1. The SMILES string of the molecule is CC.COc1cc[nH]c1/C=C1\C(=O)Nc2ccc(F)c(C)c21. The topological polar surface area (TPSA) is 54.1 Å². The monoisotopic (exact) mass is 302 g/mol. The normalized spacial score (nSPS) is 14.2. The maximum Gasteiger partial charge on any atom is 0.256 e. The predicted molar refractivity (Wildman–Crippen MR) is 86.3 cm³/mol. The Balaban J connectivity index is 0.000000847. The molecule has 0 aliphatic carbocycles. The molecule has 0 unspecified atom stereocenters. The fourth-order valence-corrected chi connectivity index (χ4v) is 2.38. The number of hydrogen-bond acceptors (Lipinski definition) is 2. The average Bonchev–Trinajstić information content (AvgIpc) is 3.11. The molecule has 2 aromatic rings. The van der Waals surface area contributed by atoms with E-state index >= 15 is 0 Å². The zero-order chi connectivity index (χ0) is 16.3. The summed E-state index contributed by atoms with van der Waals surface area (Å²) in [4.78, 5) is 15.1. The fraction of sp³-hybridized carbons (Fsp3) is 0.235. The molecule has 22 heavy (non-hydrogen) atoms. The highest BCUT2D eigenvalue weighted by atomic mass is 19.1. The molecule has 4 nitrogen and oxygen atoms in total. The number of carbonyl (C=O) groups excluding carboxylic acids is 1. The highest BCUT2D eigenvalue weighted by molar-refractivity contribution is 6.35. The number of H-pyrrole nitrogens is 1. The van der Waals surface area contributed by atoms with Crippen molar-refractivity contribution in [1.29, 1.82) is 0 Å². The van der Waals surface area contributed by atoms with E-state index in [1.807, 2.05) is 13.8 Å². The number of ether oxygens (including phenoxy) is 1. The molecule has 1 aromatic carbocycles. The molecule has 1 aromatic heterocycles. The first-order chi connectivity index (χ1) is 10.6. The summed E-state index contributed by atoms with van der Waals surface area (Å²) in [5.74, 6) is 0.0581. The molecule has 0 radical (unpaired) electrons. The van der Waals surface area contributed by atoms with Crippen molar-refractivity contribution in [1.82, 2.24) is 4.98 Å². The van der Waals surface area contributed by atoms with Crippen LogP contribution in [0.1, 0.15) is 30.7 Å². The second kappa shape index (κ2) is 6.47. The van der Waals surface area contributed by atoms with Gasteiger partial charge in [-0.25, -0.2) is 4.39 Å². The molecule has 1 amide bonds. The van der Waals surface area contributed by atoms with Gasteiger partial charge in [-0.05, 0) is 36.8 Å². The summed E-state index contributed by atoms with van der Waals surface area (Å²) < 4.78 is 18.9. The summed E-state index contributed by atoms with van der Waals surface area (Å²) in [5, 5.41) is 2.74. The third-order valence-corrected chi connectivity index (χ3v) is 3.41. The highest BCUT2D eigenvalue weighted by Gasteiger charge is 2.27. The number of methoxy groups -OCH3 is 1. The van der Waals surface area contributed by atoms with Crippen molar-refractivity contribution in [3.63, 3.8) is 0 Å². The lowest BCUT2D eigenvalue weighted by Crippen LogP contribution is -2.03. The van der Waals surface area contributed by atoms with Crippen molar-refractivity contribution < 1.29 is 13.9 Å². The summed E-state index contributed by atoms with van der Waals surface area (Å²) in [6, 6.07) is 4.69. The van der Waals surface area contributed by atoms with E-state index in [2.05, 4.69) is 10.3 Å². The van der Waals surface area contributed by atoms with Gasteiger partial charge in [-0.1, -0.05) is 13.8 Å². The number of halogens is 1. The maximum absolute atomic E-state index is 13.7. The number of fused-ring (bicyclic) bond motifs is 1. The van der Waals surface area contributed by atoms with Crippen molar-refractivity contribution in [2.45, 2.75) is 20.8 Å². The first-order valence-electron chi connectivity index (χ1n) is 7.15. The Kier molecular flexibility index (Phi) is 4.65. The molecule has 0 saturated carbocycles. The van der Waals surface area contributed by atoms with Gasteiger partial charge < -0.3 is 15.0 Å². The Morgan fingerprint density at radius 1 is 1.23 bits per heavy atom. The molecule has 2 heterocycles. The van der Waals surface area contributed by atoms with Crippen LogP contribution in [0.2, 0.25) is 0 Å². The first kappa shape index (κ1) is 15.8. The van der Waals surface area contributed by atoms with Gasteiger partial charge in [-0.3, -0.25) is 4.79 Å². The Bertz CT molecular complexity index is 732. The number of benzene rings is 1. The smallest absolute Gasteiger partial charge is 0.256 e. The predicted octanol–water partition coefficient (Wildman–Crippen LogP) is 3.99. The fourth-order valence-electron chi connectivity index (χ4n) is 2.38. The number of aromatic nitrogens is 1. The van der Waals surface area contributed by atoms with Gasteiger partial charge in [0.1, 0.15) is 11.6 Å². The van der Waals surface area contributed by atoms with Crippen molar-refractivity contribution in [3.8, 4) is 5.75 Å². The molecule has 0 spiro atoms. The molecule has 3 rings (SSSR count). The van der Waals surface area contributed by atoms with Crippen LogP contribution in [-0.4, -0.2) is 18.0 Å². The first-order valence-corrected chi connectivity index (χ1v) is 7.15. The summed E-state index contributed by atoms with van der Waals surface area (Å²) in [6.07, 6.45) is 3.39. The summed E-state index contributed by atoms with van der Waals surface area (Å²) in [5.41, 5.74) is 2.79. The summed E-state index contributed by atoms with van der Waals surface area (Å²) in [7, 11) is 1.55. The van der Waals surface area contributed by atoms with Crippen LogP contribution < -0.4 is 10.1 Å². The van der Waals surface area contributed by atoms with Crippen LogP contribution in [0.15, 0.2) is 24.4 Å². The van der Waals surface area contributed by atoms with Gasteiger partial charge >= 0.3 is 0 Å². The van der Waals surface area contributed by atoms with Crippen LogP contribution in [0.4, 0.5) is 10.1 Å². The van der Waals surface area contributed by atoms with Crippen LogP contribution in [0.25, 0.3) is 11.6 Å². The number of amides is 1. The van der Waals surface area contributed by atoms with E-state index in [-0.39, 0.29) is 11.7 Å². The van der Waals surface area contributed by atoms with Gasteiger partial charge in [-0.2, -0.15) is 0 Å². The lowest BCUT2D eigenvalue weighted by atomic mass is 10.00. The maximum atomic E-state index is 13.7. The molecule has 116 valence electrons. The average molecular weight is 302 g/mol. The number of hydrogen-bond donors (Lipinski definition) is 2. The molecule has 0 bridgehead atoms. The van der Waals surface area contributed by atoms with E-state index in [4.69, 9.17) is 4.74 Å². The van der Waals surface area contributed by atoms with Gasteiger partial charge in [0.2, 0.25) is 0 Å². The van der Waals surface area contributed by atoms with Crippen LogP contribution in [0.3, 0.4) is 0 Å². The Morgan fingerprint density at radius 3 is 2.64 bits per heavy atom. The number of rotatable bonds is 2. The molecular weight excluding hydrogens is 283 g/mol. The quantitative estimate of drug-likeness (QED) is 0.824. The Hall–Kier alpha value is -2.56. The van der Waals surface area contributed by atoms with Gasteiger partial charge in [0, 0.05) is 17.4 Å². The second-order valence-electron chi connectivity index (χ2n) is 4.57. The van der Waals surface area contributed by atoms with E-state index < -0.39 is 0 Å². The Morgan fingerprint density at radius 2 is 1.95 bits per heavy atom. The molecule has 5 heteroatoms. The molecular formula is C17H19FN2O2. The lowest BCUT2D eigenvalue weighted by Gasteiger charge is -2.05. The van der Waals surface area contributed by atoms with Crippen LogP contribution >= 0.6 is 0 Å². The summed E-state index contributed by atoms with van der Waals surface area (Å²) >= 11 is 0. The highest BCUT2D eigenvalue weighted by Crippen LogP contribution is 2.37. The third-order valence-electron chi connectivity index (χ3n) is 3.41. The number of anilines is 1. The number of nitrogens with one attached hydrogen (secondary N) is 2. The number of carbonyl (C=O) groups is 1. The minimum atomic E-state index is -0.329. The summed E-state index contributed by atoms with van der Waals surface area (Å²) in [6.45, 7) is 5.66. The van der Waals surface area contributed by atoms with E-state index in [0.29, 0.717) is 33.8 Å². The molecule has 0 fully saturated rings. The van der Waals surface area contributed by atoms with E-state index in [1.54, 1.807) is 38.4 Å². The Labute approximate surface area is 129 Å². The van der Waals surface area contributed by atoms with Crippen LogP contribution in [0, 0.1) is 12.7 Å². The zero-order valence-corrected chi connectivity index (χ0v) is 13.1. The van der Waals surface area contributed by atoms with E-state index in [1.165, 1.54) is 6.07 Å². The van der Waals surface area contributed by atoms with Gasteiger partial charge in [0.05, 0.1) is 18.4 Å². The van der Waals surface area contributed by atoms with Gasteiger partial charge in [0.25, 0.3) is 5.91 Å². The molecule has 0 saturated heterocycles. The number of aromatic amines is 1. The molecule has 0 atom stereocenters. The van der Waals surface area contributed by atoms with Crippen molar-refractivity contribution >= 4 is 23.2 Å². The van der Waals surface area contributed by atoms with Gasteiger partial charge in [0.15, 0.2) is 0 Å². The van der Waals surface area contributed by atoms with E-state index in [9.17, 15) is 9.18 Å². The minimum Gasteiger partial charge on any atom is -0.495 e. The van der Waals surface area contributed by atoms with E-state index in [0.717, 1.165) is 0 Å². The minimum absolute atomic E-state index is 0.245. The van der Waals surface area contributed by atoms with Crippen molar-refractivity contribution in [2.75, 3.05) is 12.4 Å². The second-order valence-corrected chi connectivity index (χ2v) is 4.57. The van der Waals surface area contributed by atoms with Crippen molar-refractivity contribution in [3.05, 3.63) is 47.0 Å². The third kappa shape index (κ3) is 2.62. The molecule has 2 N–H and O–H groups in total. The van der Waals surface area contributed by atoms with Crippen LogP contribution in [-0.2, 0) is 4.79 Å². The largest absolute Gasteiger partial charge is 0.495 e.